The van der Waals surface area contributed by atoms with Crippen molar-refractivity contribution in [2.24, 2.45) is 0 Å². The molecule has 0 radical (unpaired) electrons. The van der Waals surface area contributed by atoms with Gasteiger partial charge in [-0.3, -0.25) is 9.48 Å². The normalized spacial score (nSPS) is 19.9. The molecule has 2 aromatic rings. The minimum Gasteiger partial charge on any atom is -0.478 e. The van der Waals surface area contributed by atoms with Crippen LogP contribution < -0.4 is 0 Å². The Labute approximate surface area is 158 Å². The average molecular weight is 367 g/mol. The molecule has 1 aromatic carbocycles. The van der Waals surface area contributed by atoms with Gasteiger partial charge in [0.2, 0.25) is 5.91 Å². The van der Waals surface area contributed by atoms with E-state index in [0.29, 0.717) is 13.1 Å². The molecule has 1 aromatic heterocycles. The summed E-state index contributed by atoms with van der Waals surface area (Å²) >= 11 is 0. The van der Waals surface area contributed by atoms with Crippen molar-refractivity contribution < 1.29 is 14.7 Å². The Morgan fingerprint density at radius 3 is 2.33 bits per heavy atom. The number of carboxylic acid groups (broad SMARTS) is 1. The van der Waals surface area contributed by atoms with Crippen LogP contribution in [0.2, 0.25) is 0 Å². The van der Waals surface area contributed by atoms with Crippen molar-refractivity contribution in [3.8, 4) is 0 Å². The minimum absolute atomic E-state index is 0.151. The van der Waals surface area contributed by atoms with Crippen molar-refractivity contribution in [2.45, 2.75) is 50.0 Å². The molecular weight excluding hydrogens is 342 g/mol. The number of aromatic nitrogens is 2. The van der Waals surface area contributed by atoms with E-state index in [9.17, 15) is 9.59 Å². The predicted molar refractivity (Wildman–Crippen MR) is 101 cm³/mol. The van der Waals surface area contributed by atoms with E-state index in [1.807, 2.05) is 23.1 Å². The summed E-state index contributed by atoms with van der Waals surface area (Å²) in [5.74, 6) is -0.698. The van der Waals surface area contributed by atoms with Crippen LogP contribution in [0.3, 0.4) is 0 Å². The first-order valence-electron chi connectivity index (χ1n) is 9.72. The maximum Gasteiger partial charge on any atom is 0.338 e. The number of carbonyl (C=O) groups excluding carboxylic acids is 1. The highest BCUT2D eigenvalue weighted by Gasteiger charge is 2.45. The summed E-state index contributed by atoms with van der Waals surface area (Å²) in [5, 5.41) is 13.3. The first-order chi connectivity index (χ1) is 13.1. The molecule has 2 fully saturated rings. The Morgan fingerprint density at radius 1 is 1.07 bits per heavy atom. The molecule has 0 bridgehead atoms. The van der Waals surface area contributed by atoms with Crippen LogP contribution in [0.4, 0.5) is 0 Å². The first-order valence-corrected chi connectivity index (χ1v) is 9.72. The van der Waals surface area contributed by atoms with Crippen LogP contribution in [-0.4, -0.2) is 44.8 Å². The van der Waals surface area contributed by atoms with Gasteiger partial charge >= 0.3 is 5.97 Å². The van der Waals surface area contributed by atoms with E-state index < -0.39 is 5.97 Å². The molecule has 1 aliphatic carbocycles. The van der Waals surface area contributed by atoms with Gasteiger partial charge in [-0.25, -0.2) is 4.79 Å². The molecule has 1 amide bonds. The van der Waals surface area contributed by atoms with Gasteiger partial charge in [0, 0.05) is 19.3 Å². The van der Waals surface area contributed by atoms with Gasteiger partial charge in [0.1, 0.15) is 0 Å². The lowest BCUT2D eigenvalue weighted by molar-refractivity contribution is -0.138. The van der Waals surface area contributed by atoms with Gasteiger partial charge in [-0.15, -0.1) is 0 Å². The molecule has 1 saturated heterocycles. The maximum atomic E-state index is 13.5. The van der Waals surface area contributed by atoms with Crippen LogP contribution in [0.15, 0.2) is 42.7 Å². The summed E-state index contributed by atoms with van der Waals surface area (Å²) in [7, 11) is 0. The van der Waals surface area contributed by atoms with Gasteiger partial charge in [-0.1, -0.05) is 43.2 Å². The topological polar surface area (TPSA) is 75.4 Å². The molecule has 1 aliphatic heterocycles. The highest BCUT2D eigenvalue weighted by atomic mass is 16.4. The van der Waals surface area contributed by atoms with E-state index in [-0.39, 0.29) is 22.9 Å². The first kappa shape index (κ1) is 17.8. The molecule has 1 saturated carbocycles. The van der Waals surface area contributed by atoms with Crippen molar-refractivity contribution in [1.82, 2.24) is 14.7 Å². The molecule has 0 atom stereocenters. The van der Waals surface area contributed by atoms with Crippen LogP contribution in [0, 0.1) is 0 Å². The van der Waals surface area contributed by atoms with Gasteiger partial charge in [0.15, 0.2) is 0 Å². The number of carboxylic acids is 1. The Kier molecular flexibility index (Phi) is 4.72. The number of hydrogen-bond donors (Lipinski definition) is 1. The second-order valence-corrected chi connectivity index (χ2v) is 7.69. The molecule has 2 aliphatic rings. The van der Waals surface area contributed by atoms with Gasteiger partial charge in [0.05, 0.1) is 23.2 Å². The van der Waals surface area contributed by atoms with E-state index in [1.54, 1.807) is 10.9 Å². The van der Waals surface area contributed by atoms with Crippen molar-refractivity contribution in [1.29, 1.82) is 0 Å². The largest absolute Gasteiger partial charge is 0.478 e. The van der Waals surface area contributed by atoms with Crippen LogP contribution in [-0.2, 0) is 10.2 Å². The standard InChI is InChI=1S/C21H25N3O3/c25-19(26)16-14-22-24(15-16)18-8-12-23(13-9-18)20(27)21(10-4-5-11-21)17-6-2-1-3-7-17/h1-3,6-7,14-15,18H,4-5,8-13H2,(H,25,26). The number of benzene rings is 1. The van der Waals surface area contributed by atoms with Gasteiger partial charge in [-0.05, 0) is 31.2 Å². The highest BCUT2D eigenvalue weighted by molar-refractivity contribution is 5.89. The number of amides is 1. The van der Waals surface area contributed by atoms with Crippen LogP contribution in [0.25, 0.3) is 0 Å². The zero-order valence-electron chi connectivity index (χ0n) is 15.4. The number of rotatable bonds is 4. The molecule has 4 rings (SSSR count). The zero-order chi connectivity index (χ0) is 18.9. The number of hydrogen-bond acceptors (Lipinski definition) is 3. The lowest BCUT2D eigenvalue weighted by Gasteiger charge is -2.38. The number of carbonyl (C=O) groups is 2. The maximum absolute atomic E-state index is 13.5. The molecule has 27 heavy (non-hydrogen) atoms. The molecule has 142 valence electrons. The lowest BCUT2D eigenvalue weighted by atomic mass is 9.77. The van der Waals surface area contributed by atoms with Crippen molar-refractivity contribution in [3.63, 3.8) is 0 Å². The van der Waals surface area contributed by atoms with E-state index >= 15 is 0 Å². The molecule has 6 heteroatoms. The third-order valence-corrected chi connectivity index (χ3v) is 6.17. The molecule has 0 unspecified atom stereocenters. The second kappa shape index (κ2) is 7.18. The van der Waals surface area contributed by atoms with E-state index in [1.165, 1.54) is 6.20 Å². The van der Waals surface area contributed by atoms with Crippen molar-refractivity contribution in [3.05, 3.63) is 53.9 Å². The fraction of sp³-hybridized carbons (Fsp3) is 0.476. The van der Waals surface area contributed by atoms with Gasteiger partial charge in [-0.2, -0.15) is 5.10 Å². The summed E-state index contributed by atoms with van der Waals surface area (Å²) in [6.45, 7) is 1.39. The van der Waals surface area contributed by atoms with E-state index in [4.69, 9.17) is 5.11 Å². The second-order valence-electron chi connectivity index (χ2n) is 7.69. The predicted octanol–water partition coefficient (Wildman–Crippen LogP) is 3.26. The fourth-order valence-electron chi connectivity index (χ4n) is 4.65. The van der Waals surface area contributed by atoms with Crippen molar-refractivity contribution >= 4 is 11.9 Å². The summed E-state index contributed by atoms with van der Waals surface area (Å²) in [5.41, 5.74) is 0.992. The molecule has 0 spiro atoms. The van der Waals surface area contributed by atoms with E-state index in [2.05, 4.69) is 17.2 Å². The summed E-state index contributed by atoms with van der Waals surface area (Å²) < 4.78 is 1.74. The molecular formula is C21H25N3O3. The summed E-state index contributed by atoms with van der Waals surface area (Å²) in [6.07, 6.45) is 8.64. The smallest absolute Gasteiger partial charge is 0.338 e. The molecule has 1 N–H and O–H groups in total. The lowest BCUT2D eigenvalue weighted by Crippen LogP contribution is -2.48. The van der Waals surface area contributed by atoms with Crippen LogP contribution in [0.5, 0.6) is 0 Å². The number of aromatic carboxylic acids is 1. The van der Waals surface area contributed by atoms with Crippen LogP contribution in [0.1, 0.15) is 60.5 Å². The SMILES string of the molecule is O=C(O)c1cnn(C2CCN(C(=O)C3(c4ccccc4)CCCC3)CC2)c1. The third kappa shape index (κ3) is 3.24. The molecule has 2 heterocycles. The third-order valence-electron chi connectivity index (χ3n) is 6.17. The zero-order valence-corrected chi connectivity index (χ0v) is 15.4. The average Bonchev–Trinajstić information content (AvgIpc) is 3.39. The Balaban J connectivity index is 1.47. The van der Waals surface area contributed by atoms with Crippen LogP contribution >= 0.6 is 0 Å². The summed E-state index contributed by atoms with van der Waals surface area (Å²) in [4.78, 5) is 26.5. The quantitative estimate of drug-likeness (QED) is 0.900. The number of nitrogens with zero attached hydrogens (tertiary/aromatic N) is 3. The van der Waals surface area contributed by atoms with E-state index in [0.717, 1.165) is 44.1 Å². The Morgan fingerprint density at radius 2 is 1.74 bits per heavy atom. The minimum atomic E-state index is -0.958. The Hall–Kier alpha value is -2.63. The van der Waals surface area contributed by atoms with Crippen molar-refractivity contribution in [2.75, 3.05) is 13.1 Å². The molecule has 6 nitrogen and oxygen atoms in total. The Bertz CT molecular complexity index is 816. The van der Waals surface area contributed by atoms with Gasteiger partial charge in [0.25, 0.3) is 0 Å². The van der Waals surface area contributed by atoms with Gasteiger partial charge < -0.3 is 10.0 Å². The monoisotopic (exact) mass is 367 g/mol. The summed E-state index contributed by atoms with van der Waals surface area (Å²) in [6, 6.07) is 10.4. The fourth-order valence-corrected chi connectivity index (χ4v) is 4.65. The highest BCUT2D eigenvalue weighted by Crippen LogP contribution is 2.43. The number of likely N-dealkylation sites (tertiary alicyclic amines) is 1. The number of piperidine rings is 1.